The van der Waals surface area contributed by atoms with Crippen molar-refractivity contribution in [2.24, 2.45) is 7.05 Å². The first kappa shape index (κ1) is 26.2. The van der Waals surface area contributed by atoms with Crippen LogP contribution in [0.2, 0.25) is 0 Å². The number of nitrogens with zero attached hydrogens (tertiary/aromatic N) is 4. The summed E-state index contributed by atoms with van der Waals surface area (Å²) in [7, 11) is 1.93. The van der Waals surface area contributed by atoms with E-state index in [1.807, 2.05) is 0 Å². The van der Waals surface area contributed by atoms with Crippen LogP contribution in [0, 0.1) is 12.7 Å². The summed E-state index contributed by atoms with van der Waals surface area (Å²) >= 11 is 0. The first-order valence-electron chi connectivity index (χ1n) is 10.00. The van der Waals surface area contributed by atoms with Crippen LogP contribution < -0.4 is 26.5 Å². The van der Waals surface area contributed by atoms with Crippen molar-refractivity contribution in [1.82, 2.24) is 19.1 Å². The van der Waals surface area contributed by atoms with E-state index in [4.69, 9.17) is 15.2 Å². The van der Waals surface area contributed by atoms with Crippen molar-refractivity contribution >= 4 is 11.7 Å². The first-order valence-corrected chi connectivity index (χ1v) is 10.00. The van der Waals surface area contributed by atoms with Crippen LogP contribution in [0.25, 0.3) is 5.69 Å². The molecule has 11 nitrogen and oxygen atoms in total. The third-order valence-electron chi connectivity index (χ3n) is 4.81. The van der Waals surface area contributed by atoms with Gasteiger partial charge < -0.3 is 19.9 Å². The minimum absolute atomic E-state index is 0.158. The Morgan fingerprint density at radius 1 is 1.17 bits per heavy atom. The normalized spacial score (nSPS) is 12.2. The predicted molar refractivity (Wildman–Crippen MR) is 116 cm³/mol. The highest BCUT2D eigenvalue weighted by molar-refractivity contribution is 5.74. The number of ether oxygens (including phenoxy) is 3. The summed E-state index contributed by atoms with van der Waals surface area (Å²) in [5, 5.41) is 0. The van der Waals surface area contributed by atoms with E-state index in [1.165, 1.54) is 13.8 Å². The third-order valence-corrected chi connectivity index (χ3v) is 4.81. The SMILES string of the molecule is COC(=O)C(C)Oc1nc(C)ncc1Oc1cc(-n2c(=O)cc(C(F)(F)F)n(C)c2=O)c(F)cc1N. The molecule has 0 amide bonds. The van der Waals surface area contributed by atoms with E-state index in [0.717, 1.165) is 26.4 Å². The van der Waals surface area contributed by atoms with Gasteiger partial charge in [-0.25, -0.2) is 23.5 Å². The van der Waals surface area contributed by atoms with Gasteiger partial charge in [0, 0.05) is 25.2 Å². The van der Waals surface area contributed by atoms with Gasteiger partial charge in [0.05, 0.1) is 24.7 Å². The minimum atomic E-state index is -5.00. The maximum Gasteiger partial charge on any atom is 0.431 e. The topological polar surface area (TPSA) is 141 Å². The highest BCUT2D eigenvalue weighted by atomic mass is 19.4. The van der Waals surface area contributed by atoms with Crippen LogP contribution in [0.1, 0.15) is 18.4 Å². The largest absolute Gasteiger partial charge is 0.466 e. The van der Waals surface area contributed by atoms with E-state index >= 15 is 0 Å². The lowest BCUT2D eigenvalue weighted by atomic mass is 10.2. The zero-order valence-corrected chi connectivity index (χ0v) is 19.2. The van der Waals surface area contributed by atoms with Crippen molar-refractivity contribution in [2.75, 3.05) is 12.8 Å². The van der Waals surface area contributed by atoms with Crippen molar-refractivity contribution in [1.29, 1.82) is 0 Å². The molecule has 3 aromatic rings. The Hall–Kier alpha value is -4.43. The van der Waals surface area contributed by atoms with Gasteiger partial charge in [-0.1, -0.05) is 0 Å². The second kappa shape index (κ2) is 9.67. The van der Waals surface area contributed by atoms with Gasteiger partial charge >= 0.3 is 17.8 Å². The zero-order valence-electron chi connectivity index (χ0n) is 19.2. The Labute approximate surface area is 199 Å². The molecule has 0 spiro atoms. The van der Waals surface area contributed by atoms with E-state index < -0.39 is 46.7 Å². The average Bonchev–Trinajstić information content (AvgIpc) is 2.79. The standard InChI is InChI=1S/C21H19F4N5O6/c1-9(19(32)34-4)35-18-15(8-27-10(2)28-18)36-14-6-13(11(22)5-12(14)26)30-17(31)7-16(21(23,24)25)29(3)20(30)33/h5-9H,26H2,1-4H3. The van der Waals surface area contributed by atoms with E-state index in [0.29, 0.717) is 6.07 Å². The summed E-state index contributed by atoms with van der Waals surface area (Å²) < 4.78 is 70.2. The number of esters is 1. The molecular formula is C21H19F4N5O6. The third kappa shape index (κ3) is 5.13. The number of anilines is 1. The average molecular weight is 513 g/mol. The fourth-order valence-electron chi connectivity index (χ4n) is 3.03. The molecule has 1 unspecified atom stereocenters. The van der Waals surface area contributed by atoms with Crippen molar-refractivity contribution in [3.05, 3.63) is 62.6 Å². The molecule has 0 bridgehead atoms. The number of nitrogen functional groups attached to an aromatic ring is 1. The molecule has 0 aliphatic heterocycles. The molecule has 2 heterocycles. The fraction of sp³-hybridized carbons (Fsp3) is 0.286. The molecule has 0 aliphatic rings. The number of carbonyl (C=O) groups is 1. The van der Waals surface area contributed by atoms with Crippen LogP contribution in [0.5, 0.6) is 17.4 Å². The molecule has 0 aliphatic carbocycles. The number of carbonyl (C=O) groups excluding carboxylic acids is 1. The maximum absolute atomic E-state index is 14.7. The molecule has 15 heteroatoms. The quantitative estimate of drug-likeness (QED) is 0.298. The molecule has 1 aromatic carbocycles. The van der Waals surface area contributed by atoms with Crippen LogP contribution in [0.4, 0.5) is 23.2 Å². The number of hydrogen-bond donors (Lipinski definition) is 1. The van der Waals surface area contributed by atoms with E-state index in [9.17, 15) is 31.9 Å². The van der Waals surface area contributed by atoms with Gasteiger partial charge in [0.15, 0.2) is 11.9 Å². The lowest BCUT2D eigenvalue weighted by Gasteiger charge is -2.17. The van der Waals surface area contributed by atoms with Gasteiger partial charge in [-0.2, -0.15) is 18.2 Å². The Bertz CT molecular complexity index is 1450. The fourth-order valence-corrected chi connectivity index (χ4v) is 3.03. The number of rotatable bonds is 6. The number of methoxy groups -OCH3 is 1. The molecule has 2 aromatic heterocycles. The van der Waals surface area contributed by atoms with Crippen LogP contribution >= 0.6 is 0 Å². The molecule has 1 atom stereocenters. The van der Waals surface area contributed by atoms with Gasteiger partial charge in [-0.3, -0.25) is 9.36 Å². The van der Waals surface area contributed by atoms with Crippen LogP contribution in [-0.4, -0.2) is 38.3 Å². The monoisotopic (exact) mass is 513 g/mol. The minimum Gasteiger partial charge on any atom is -0.466 e. The lowest BCUT2D eigenvalue weighted by Crippen LogP contribution is -2.41. The summed E-state index contributed by atoms with van der Waals surface area (Å²) in [6.07, 6.45) is -4.95. The van der Waals surface area contributed by atoms with Crippen LogP contribution in [-0.2, 0) is 22.8 Å². The molecule has 36 heavy (non-hydrogen) atoms. The number of alkyl halides is 3. The van der Waals surface area contributed by atoms with Crippen molar-refractivity contribution < 1.29 is 36.6 Å². The highest BCUT2D eigenvalue weighted by Crippen LogP contribution is 2.35. The summed E-state index contributed by atoms with van der Waals surface area (Å²) in [4.78, 5) is 44.7. The number of hydrogen-bond acceptors (Lipinski definition) is 9. The molecule has 3 rings (SSSR count). The highest BCUT2D eigenvalue weighted by Gasteiger charge is 2.35. The van der Waals surface area contributed by atoms with Gasteiger partial charge in [0.1, 0.15) is 17.3 Å². The first-order chi connectivity index (χ1) is 16.7. The molecule has 0 saturated carbocycles. The number of nitrogens with two attached hydrogens (primary N) is 1. The second-order valence-electron chi connectivity index (χ2n) is 7.36. The number of aromatic nitrogens is 4. The molecule has 0 saturated heterocycles. The number of benzene rings is 1. The summed E-state index contributed by atoms with van der Waals surface area (Å²) in [6, 6.07) is 1.71. The Kier molecular flexibility index (Phi) is 7.03. The number of aryl methyl sites for hydroxylation is 1. The van der Waals surface area contributed by atoms with Crippen LogP contribution in [0.3, 0.4) is 0 Å². The number of halogens is 4. The zero-order chi connectivity index (χ0) is 26.9. The molecule has 0 fully saturated rings. The smallest absolute Gasteiger partial charge is 0.431 e. The predicted octanol–water partition coefficient (Wildman–Crippen LogP) is 2.11. The molecule has 2 N–H and O–H groups in total. The van der Waals surface area contributed by atoms with Crippen LogP contribution in [0.15, 0.2) is 34.0 Å². The van der Waals surface area contributed by atoms with E-state index in [-0.39, 0.29) is 44.1 Å². The Morgan fingerprint density at radius 3 is 2.44 bits per heavy atom. The molecular weight excluding hydrogens is 494 g/mol. The van der Waals surface area contributed by atoms with Crippen molar-refractivity contribution in [2.45, 2.75) is 26.1 Å². The Morgan fingerprint density at radius 2 is 1.83 bits per heavy atom. The molecule has 0 radical (unpaired) electrons. The lowest BCUT2D eigenvalue weighted by molar-refractivity contribution is -0.148. The van der Waals surface area contributed by atoms with Gasteiger partial charge in [-0.05, 0) is 13.8 Å². The maximum atomic E-state index is 14.7. The van der Waals surface area contributed by atoms with Crippen molar-refractivity contribution in [3.63, 3.8) is 0 Å². The second-order valence-corrected chi connectivity index (χ2v) is 7.36. The van der Waals surface area contributed by atoms with Crippen molar-refractivity contribution in [3.8, 4) is 23.1 Å². The van der Waals surface area contributed by atoms with Gasteiger partial charge in [-0.15, -0.1) is 0 Å². The summed E-state index contributed by atoms with van der Waals surface area (Å²) in [5.74, 6) is -2.39. The van der Waals surface area contributed by atoms with Gasteiger partial charge in [0.2, 0.25) is 5.75 Å². The summed E-state index contributed by atoms with van der Waals surface area (Å²) in [6.45, 7) is 2.90. The van der Waals surface area contributed by atoms with E-state index in [1.54, 1.807) is 0 Å². The summed E-state index contributed by atoms with van der Waals surface area (Å²) in [5.41, 5.74) is 0.375. The van der Waals surface area contributed by atoms with Gasteiger partial charge in [0.25, 0.3) is 11.4 Å². The van der Waals surface area contributed by atoms with E-state index in [2.05, 4.69) is 14.7 Å². The Balaban J connectivity index is 2.12. The molecule has 192 valence electrons.